The largest absolute Gasteiger partial charge is 0.319 e. The molecule has 3 rings (SSSR count). The van der Waals surface area contributed by atoms with Crippen molar-refractivity contribution in [2.24, 2.45) is 0 Å². The summed E-state index contributed by atoms with van der Waals surface area (Å²) >= 11 is 1.81. The molecule has 1 atom stereocenters. The zero-order valence-corrected chi connectivity index (χ0v) is 12.7. The van der Waals surface area contributed by atoms with Crippen molar-refractivity contribution in [2.45, 2.75) is 10.8 Å². The van der Waals surface area contributed by atoms with Crippen LogP contribution in [-0.2, 0) is 0 Å². The van der Waals surface area contributed by atoms with Gasteiger partial charge in [-0.15, -0.1) is 11.8 Å². The fraction of sp³-hybridized carbons (Fsp3) is 0.222. The molecule has 2 aromatic carbocycles. The second kappa shape index (κ2) is 5.86. The van der Waals surface area contributed by atoms with Crippen LogP contribution in [0.5, 0.6) is 0 Å². The first-order valence-electron chi connectivity index (χ1n) is 6.93. The van der Waals surface area contributed by atoms with Crippen LogP contribution in [0.4, 0.5) is 0 Å². The van der Waals surface area contributed by atoms with Crippen LogP contribution in [-0.4, -0.2) is 19.8 Å². The minimum atomic E-state index is 0.410. The maximum absolute atomic E-state index is 3.35. The molecule has 0 bridgehead atoms. The lowest BCUT2D eigenvalue weighted by Gasteiger charge is -2.20. The van der Waals surface area contributed by atoms with Crippen LogP contribution in [0.25, 0.3) is 12.2 Å². The molecule has 0 aliphatic heterocycles. The second-order valence-electron chi connectivity index (χ2n) is 5.07. The van der Waals surface area contributed by atoms with Crippen molar-refractivity contribution < 1.29 is 0 Å². The SMILES string of the molecule is CNCC1c2ccccc2C=Cc2ccc(SC)cc21. The molecular weight excluding hydrogens is 262 g/mol. The summed E-state index contributed by atoms with van der Waals surface area (Å²) < 4.78 is 0. The quantitative estimate of drug-likeness (QED) is 0.844. The van der Waals surface area contributed by atoms with E-state index in [0.29, 0.717) is 5.92 Å². The van der Waals surface area contributed by atoms with Crippen molar-refractivity contribution in [2.75, 3.05) is 19.8 Å². The van der Waals surface area contributed by atoms with E-state index in [2.05, 4.69) is 66.2 Å². The molecule has 102 valence electrons. The van der Waals surface area contributed by atoms with E-state index in [-0.39, 0.29) is 0 Å². The predicted molar refractivity (Wildman–Crippen MR) is 89.4 cm³/mol. The van der Waals surface area contributed by atoms with E-state index < -0.39 is 0 Å². The monoisotopic (exact) mass is 281 g/mol. The van der Waals surface area contributed by atoms with Gasteiger partial charge in [0, 0.05) is 17.4 Å². The fourth-order valence-corrected chi connectivity index (χ4v) is 3.33. The molecule has 0 amide bonds. The molecule has 0 radical (unpaired) electrons. The van der Waals surface area contributed by atoms with Gasteiger partial charge in [-0.1, -0.05) is 42.5 Å². The van der Waals surface area contributed by atoms with Crippen LogP contribution in [0.1, 0.15) is 28.2 Å². The van der Waals surface area contributed by atoms with E-state index in [1.807, 2.05) is 7.05 Å². The van der Waals surface area contributed by atoms with Crippen LogP contribution in [0.3, 0.4) is 0 Å². The molecule has 1 nitrogen and oxygen atoms in total. The van der Waals surface area contributed by atoms with Gasteiger partial charge >= 0.3 is 0 Å². The first-order chi connectivity index (χ1) is 9.83. The minimum Gasteiger partial charge on any atom is -0.319 e. The van der Waals surface area contributed by atoms with E-state index in [0.717, 1.165) is 6.54 Å². The Morgan fingerprint density at radius 1 is 1.00 bits per heavy atom. The number of nitrogens with one attached hydrogen (secondary N) is 1. The number of thioether (sulfide) groups is 1. The average molecular weight is 281 g/mol. The normalized spacial score (nSPS) is 16.4. The topological polar surface area (TPSA) is 12.0 Å². The summed E-state index contributed by atoms with van der Waals surface area (Å²) in [7, 11) is 2.03. The van der Waals surface area contributed by atoms with Crippen LogP contribution >= 0.6 is 11.8 Å². The summed E-state index contributed by atoms with van der Waals surface area (Å²) in [5.74, 6) is 0.410. The summed E-state index contributed by atoms with van der Waals surface area (Å²) in [6, 6.07) is 15.5. The van der Waals surface area contributed by atoms with Crippen molar-refractivity contribution in [3.05, 3.63) is 64.7 Å². The Morgan fingerprint density at radius 2 is 1.75 bits per heavy atom. The summed E-state index contributed by atoms with van der Waals surface area (Å²) in [4.78, 5) is 1.33. The molecule has 1 aliphatic carbocycles. The molecule has 0 saturated heterocycles. The third-order valence-corrected chi connectivity index (χ3v) is 4.62. The highest BCUT2D eigenvalue weighted by molar-refractivity contribution is 7.98. The van der Waals surface area contributed by atoms with Crippen molar-refractivity contribution in [1.82, 2.24) is 5.32 Å². The maximum Gasteiger partial charge on any atom is 0.0226 e. The van der Waals surface area contributed by atoms with Gasteiger partial charge in [-0.3, -0.25) is 0 Å². The van der Waals surface area contributed by atoms with Crippen LogP contribution in [0.2, 0.25) is 0 Å². The van der Waals surface area contributed by atoms with E-state index in [4.69, 9.17) is 0 Å². The Hall–Kier alpha value is -1.51. The van der Waals surface area contributed by atoms with Gasteiger partial charge < -0.3 is 5.32 Å². The fourth-order valence-electron chi connectivity index (χ4n) is 2.88. The Bertz CT molecular complexity index is 646. The molecule has 0 aromatic heterocycles. The van der Waals surface area contributed by atoms with Gasteiger partial charge in [-0.25, -0.2) is 0 Å². The Morgan fingerprint density at radius 3 is 2.50 bits per heavy atom. The first kappa shape index (κ1) is 13.5. The Balaban J connectivity index is 2.19. The number of fused-ring (bicyclic) bond motifs is 2. The Kier molecular flexibility index (Phi) is 3.95. The highest BCUT2D eigenvalue weighted by atomic mass is 32.2. The third-order valence-electron chi connectivity index (χ3n) is 3.89. The molecular formula is C18H19NS. The van der Waals surface area contributed by atoms with Gasteiger partial charge in [0.25, 0.3) is 0 Å². The van der Waals surface area contributed by atoms with Gasteiger partial charge in [0.1, 0.15) is 0 Å². The molecule has 2 aromatic rings. The molecule has 0 spiro atoms. The van der Waals surface area contributed by atoms with Crippen molar-refractivity contribution in [3.63, 3.8) is 0 Å². The zero-order chi connectivity index (χ0) is 13.9. The molecule has 0 saturated carbocycles. The van der Waals surface area contributed by atoms with E-state index in [1.165, 1.54) is 27.1 Å². The smallest absolute Gasteiger partial charge is 0.0226 e. The number of hydrogen-bond acceptors (Lipinski definition) is 2. The summed E-state index contributed by atoms with van der Waals surface area (Å²) in [5.41, 5.74) is 5.50. The first-order valence-corrected chi connectivity index (χ1v) is 8.15. The standard InChI is InChI=1S/C18H19NS/c1-19-12-18-16-6-4-3-5-13(16)7-8-14-9-10-15(20-2)11-17(14)18/h3-11,18-19H,12H2,1-2H3. The van der Waals surface area contributed by atoms with Crippen LogP contribution < -0.4 is 5.32 Å². The molecule has 1 aliphatic rings. The number of likely N-dealkylation sites (N-methyl/N-ethyl adjacent to an activating group) is 1. The third kappa shape index (κ3) is 2.41. The summed E-state index contributed by atoms with van der Waals surface area (Å²) in [6.45, 7) is 0.962. The van der Waals surface area contributed by atoms with Crippen LogP contribution in [0, 0.1) is 0 Å². The maximum atomic E-state index is 3.35. The number of hydrogen-bond donors (Lipinski definition) is 1. The predicted octanol–water partition coefficient (Wildman–Crippen LogP) is 4.24. The lowest BCUT2D eigenvalue weighted by Crippen LogP contribution is -2.19. The highest BCUT2D eigenvalue weighted by Gasteiger charge is 2.20. The lowest BCUT2D eigenvalue weighted by molar-refractivity contribution is 0.706. The van der Waals surface area contributed by atoms with Gasteiger partial charge in [-0.05, 0) is 47.7 Å². The molecule has 0 fully saturated rings. The van der Waals surface area contributed by atoms with Gasteiger partial charge in [-0.2, -0.15) is 0 Å². The molecule has 1 unspecified atom stereocenters. The van der Waals surface area contributed by atoms with Gasteiger partial charge in [0.05, 0.1) is 0 Å². The average Bonchev–Trinajstić information content (AvgIpc) is 2.65. The van der Waals surface area contributed by atoms with Crippen LogP contribution in [0.15, 0.2) is 47.4 Å². The van der Waals surface area contributed by atoms with Gasteiger partial charge in [0.15, 0.2) is 0 Å². The van der Waals surface area contributed by atoms with E-state index in [9.17, 15) is 0 Å². The molecule has 20 heavy (non-hydrogen) atoms. The highest BCUT2D eigenvalue weighted by Crippen LogP contribution is 2.35. The Labute approximate surface area is 125 Å². The van der Waals surface area contributed by atoms with Crippen molar-refractivity contribution in [1.29, 1.82) is 0 Å². The van der Waals surface area contributed by atoms with Gasteiger partial charge in [0.2, 0.25) is 0 Å². The number of rotatable bonds is 3. The molecule has 1 N–H and O–H groups in total. The van der Waals surface area contributed by atoms with Crippen molar-refractivity contribution >= 4 is 23.9 Å². The van der Waals surface area contributed by atoms with E-state index >= 15 is 0 Å². The summed E-state index contributed by atoms with van der Waals surface area (Å²) in [6.07, 6.45) is 6.62. The second-order valence-corrected chi connectivity index (χ2v) is 5.95. The lowest BCUT2D eigenvalue weighted by atomic mass is 9.87. The van der Waals surface area contributed by atoms with E-state index in [1.54, 1.807) is 11.8 Å². The molecule has 0 heterocycles. The van der Waals surface area contributed by atoms with Crippen molar-refractivity contribution in [3.8, 4) is 0 Å². The zero-order valence-electron chi connectivity index (χ0n) is 11.9. The number of benzene rings is 2. The minimum absolute atomic E-state index is 0.410. The summed E-state index contributed by atoms with van der Waals surface area (Å²) in [5, 5.41) is 3.35. The molecule has 2 heteroatoms.